The number of carbonyl (C=O) groups excluding carboxylic acids is 2. The SMILES string of the molecule is CCOc1ccccc1NC1CC(=O)N(c2ccc(O)c(C(=O)O)c2)C1=O. The molecule has 8 nitrogen and oxygen atoms in total. The molecule has 3 N–H and O–H groups in total. The molecule has 27 heavy (non-hydrogen) atoms. The summed E-state index contributed by atoms with van der Waals surface area (Å²) in [4.78, 5) is 37.2. The average Bonchev–Trinajstić information content (AvgIpc) is 2.91. The number of carboxylic acids is 1. The third-order valence-corrected chi connectivity index (χ3v) is 4.13. The molecular weight excluding hydrogens is 352 g/mol. The van der Waals surface area contributed by atoms with Gasteiger partial charge in [0, 0.05) is 0 Å². The number of aromatic carboxylic acids is 1. The lowest BCUT2D eigenvalue weighted by Gasteiger charge is -2.18. The molecule has 1 aliphatic rings. The van der Waals surface area contributed by atoms with E-state index in [2.05, 4.69) is 5.32 Å². The topological polar surface area (TPSA) is 116 Å². The molecule has 2 aromatic rings. The number of benzene rings is 2. The highest BCUT2D eigenvalue weighted by atomic mass is 16.5. The van der Waals surface area contributed by atoms with Crippen LogP contribution < -0.4 is 15.0 Å². The smallest absolute Gasteiger partial charge is 0.339 e. The number of imide groups is 1. The summed E-state index contributed by atoms with van der Waals surface area (Å²) in [6.07, 6.45) is -0.0808. The van der Waals surface area contributed by atoms with Crippen molar-refractivity contribution in [3.05, 3.63) is 48.0 Å². The van der Waals surface area contributed by atoms with Gasteiger partial charge in [0.1, 0.15) is 23.1 Å². The van der Waals surface area contributed by atoms with Crippen molar-refractivity contribution in [2.75, 3.05) is 16.8 Å². The molecule has 2 amide bonds. The van der Waals surface area contributed by atoms with Gasteiger partial charge in [-0.1, -0.05) is 12.1 Å². The molecule has 2 aromatic carbocycles. The number of hydrogen-bond acceptors (Lipinski definition) is 6. The number of nitrogens with one attached hydrogen (secondary N) is 1. The van der Waals surface area contributed by atoms with Crippen LogP contribution in [0, 0.1) is 0 Å². The van der Waals surface area contributed by atoms with Gasteiger partial charge in [0.15, 0.2) is 0 Å². The van der Waals surface area contributed by atoms with Crippen LogP contribution in [0.25, 0.3) is 0 Å². The highest BCUT2D eigenvalue weighted by Gasteiger charge is 2.40. The summed E-state index contributed by atoms with van der Waals surface area (Å²) < 4.78 is 5.51. The molecule has 8 heteroatoms. The van der Waals surface area contributed by atoms with E-state index >= 15 is 0 Å². The van der Waals surface area contributed by atoms with Crippen LogP contribution in [0.15, 0.2) is 42.5 Å². The lowest BCUT2D eigenvalue weighted by atomic mass is 10.1. The largest absolute Gasteiger partial charge is 0.507 e. The van der Waals surface area contributed by atoms with E-state index in [-0.39, 0.29) is 17.7 Å². The molecule has 0 spiro atoms. The number of phenols is 1. The lowest BCUT2D eigenvalue weighted by molar-refractivity contribution is -0.121. The Morgan fingerprint density at radius 3 is 2.70 bits per heavy atom. The van der Waals surface area contributed by atoms with Gasteiger partial charge in [0.05, 0.1) is 24.4 Å². The van der Waals surface area contributed by atoms with Gasteiger partial charge in [-0.25, -0.2) is 9.69 Å². The maximum Gasteiger partial charge on any atom is 0.339 e. The third kappa shape index (κ3) is 3.55. The standard InChI is InChI=1S/C19H18N2O6/c1-2-27-16-6-4-3-5-13(16)20-14-10-17(23)21(18(14)24)11-7-8-15(22)12(9-11)19(25)26/h3-9,14,20,22H,2,10H2,1H3,(H,25,26). The Balaban J connectivity index is 1.86. The maximum atomic E-state index is 12.7. The number of anilines is 2. The monoisotopic (exact) mass is 370 g/mol. The molecule has 1 heterocycles. The van der Waals surface area contributed by atoms with Crippen LogP contribution in [-0.4, -0.2) is 40.6 Å². The first-order valence-corrected chi connectivity index (χ1v) is 8.33. The average molecular weight is 370 g/mol. The number of rotatable bonds is 6. The number of aromatic hydroxyl groups is 1. The Labute approximate surface area is 155 Å². The van der Waals surface area contributed by atoms with Crippen LogP contribution >= 0.6 is 0 Å². The van der Waals surface area contributed by atoms with E-state index < -0.39 is 29.6 Å². The van der Waals surface area contributed by atoms with Crippen LogP contribution in [0.1, 0.15) is 23.7 Å². The Morgan fingerprint density at radius 1 is 1.26 bits per heavy atom. The van der Waals surface area contributed by atoms with E-state index in [9.17, 15) is 19.5 Å². The molecule has 1 fully saturated rings. The summed E-state index contributed by atoms with van der Waals surface area (Å²) in [5.74, 6) is -2.20. The van der Waals surface area contributed by atoms with E-state index in [1.807, 2.05) is 6.92 Å². The quantitative estimate of drug-likeness (QED) is 0.668. The molecule has 0 radical (unpaired) electrons. The molecule has 0 aromatic heterocycles. The fourth-order valence-electron chi connectivity index (χ4n) is 2.91. The number of ether oxygens (including phenoxy) is 1. The number of amides is 2. The van der Waals surface area contributed by atoms with E-state index in [0.29, 0.717) is 18.0 Å². The molecule has 1 aliphatic heterocycles. The number of carbonyl (C=O) groups is 3. The first-order chi connectivity index (χ1) is 12.9. The van der Waals surface area contributed by atoms with Gasteiger partial charge in [-0.05, 0) is 37.3 Å². The van der Waals surface area contributed by atoms with Gasteiger partial charge < -0.3 is 20.3 Å². The molecular formula is C19H18N2O6. The van der Waals surface area contributed by atoms with E-state index in [0.717, 1.165) is 17.0 Å². The Kier molecular flexibility index (Phi) is 4.98. The van der Waals surface area contributed by atoms with Crippen molar-refractivity contribution in [2.45, 2.75) is 19.4 Å². The van der Waals surface area contributed by atoms with Crippen LogP contribution in [0.4, 0.5) is 11.4 Å². The molecule has 140 valence electrons. The minimum atomic E-state index is -1.35. The van der Waals surface area contributed by atoms with Gasteiger partial charge in [0.2, 0.25) is 5.91 Å². The molecule has 1 unspecified atom stereocenters. The van der Waals surface area contributed by atoms with Crippen LogP contribution in [0.5, 0.6) is 11.5 Å². The Morgan fingerprint density at radius 2 is 2.00 bits per heavy atom. The minimum absolute atomic E-state index is 0.0808. The third-order valence-electron chi connectivity index (χ3n) is 4.13. The zero-order chi connectivity index (χ0) is 19.6. The summed E-state index contributed by atoms with van der Waals surface area (Å²) >= 11 is 0. The first kappa shape index (κ1) is 18.2. The van der Waals surface area contributed by atoms with Gasteiger partial charge in [-0.2, -0.15) is 0 Å². The zero-order valence-corrected chi connectivity index (χ0v) is 14.5. The normalized spacial score (nSPS) is 16.5. The summed E-state index contributed by atoms with van der Waals surface area (Å²) in [5.41, 5.74) is 0.304. The van der Waals surface area contributed by atoms with Crippen molar-refractivity contribution in [1.82, 2.24) is 0 Å². The summed E-state index contributed by atoms with van der Waals surface area (Å²) in [6.45, 7) is 2.29. The fourth-order valence-corrected chi connectivity index (χ4v) is 2.91. The number of hydrogen-bond donors (Lipinski definition) is 3. The van der Waals surface area contributed by atoms with Crippen molar-refractivity contribution in [3.63, 3.8) is 0 Å². The van der Waals surface area contributed by atoms with Gasteiger partial charge in [-0.15, -0.1) is 0 Å². The number of para-hydroxylation sites is 2. The van der Waals surface area contributed by atoms with Crippen LogP contribution in [0.3, 0.4) is 0 Å². The van der Waals surface area contributed by atoms with Crippen molar-refractivity contribution in [3.8, 4) is 11.5 Å². The van der Waals surface area contributed by atoms with Gasteiger partial charge >= 0.3 is 5.97 Å². The summed E-state index contributed by atoms with van der Waals surface area (Å²) in [7, 11) is 0. The van der Waals surface area contributed by atoms with E-state index in [1.54, 1.807) is 24.3 Å². The Hall–Kier alpha value is -3.55. The van der Waals surface area contributed by atoms with Crippen molar-refractivity contribution in [2.24, 2.45) is 0 Å². The summed E-state index contributed by atoms with van der Waals surface area (Å²) in [6, 6.07) is 9.85. The predicted molar refractivity (Wildman–Crippen MR) is 97.2 cm³/mol. The second kappa shape index (κ2) is 7.36. The second-order valence-corrected chi connectivity index (χ2v) is 5.90. The molecule has 0 aliphatic carbocycles. The highest BCUT2D eigenvalue weighted by Crippen LogP contribution is 2.31. The van der Waals surface area contributed by atoms with Crippen LogP contribution in [-0.2, 0) is 9.59 Å². The van der Waals surface area contributed by atoms with Crippen molar-refractivity contribution in [1.29, 1.82) is 0 Å². The predicted octanol–water partition coefficient (Wildman–Crippen LogP) is 2.23. The minimum Gasteiger partial charge on any atom is -0.507 e. The molecule has 0 saturated carbocycles. The highest BCUT2D eigenvalue weighted by molar-refractivity contribution is 6.23. The van der Waals surface area contributed by atoms with Crippen molar-refractivity contribution < 1.29 is 29.3 Å². The Bertz CT molecular complexity index is 911. The number of carboxylic acid groups (broad SMARTS) is 1. The van der Waals surface area contributed by atoms with Gasteiger partial charge in [0.25, 0.3) is 5.91 Å². The molecule has 1 saturated heterocycles. The lowest BCUT2D eigenvalue weighted by Crippen LogP contribution is -2.35. The molecule has 3 rings (SSSR count). The van der Waals surface area contributed by atoms with Crippen LogP contribution in [0.2, 0.25) is 0 Å². The molecule has 0 bridgehead atoms. The van der Waals surface area contributed by atoms with Crippen molar-refractivity contribution >= 4 is 29.2 Å². The van der Waals surface area contributed by atoms with E-state index in [4.69, 9.17) is 9.84 Å². The zero-order valence-electron chi connectivity index (χ0n) is 14.5. The fraction of sp³-hybridized carbons (Fsp3) is 0.211. The number of nitrogens with zero attached hydrogens (tertiary/aromatic N) is 1. The van der Waals surface area contributed by atoms with E-state index in [1.165, 1.54) is 6.07 Å². The second-order valence-electron chi connectivity index (χ2n) is 5.90. The van der Waals surface area contributed by atoms with Gasteiger partial charge in [-0.3, -0.25) is 9.59 Å². The maximum absolute atomic E-state index is 12.7. The summed E-state index contributed by atoms with van der Waals surface area (Å²) in [5, 5.41) is 21.8. The first-order valence-electron chi connectivity index (χ1n) is 8.33. The molecule has 1 atom stereocenters.